The van der Waals surface area contributed by atoms with Gasteiger partial charge in [-0.05, 0) is 54.5 Å². The van der Waals surface area contributed by atoms with Gasteiger partial charge in [-0.1, -0.05) is 66.7 Å². The Hall–Kier alpha value is -3.60. The highest BCUT2D eigenvalue weighted by molar-refractivity contribution is 5.97. The molecule has 5 nitrogen and oxygen atoms in total. The summed E-state index contributed by atoms with van der Waals surface area (Å²) < 4.78 is 5.38. The van der Waals surface area contributed by atoms with Crippen molar-refractivity contribution in [1.29, 1.82) is 0 Å². The van der Waals surface area contributed by atoms with E-state index in [-0.39, 0.29) is 23.8 Å². The molecule has 0 N–H and O–H groups in total. The second kappa shape index (κ2) is 10.6. The van der Waals surface area contributed by atoms with Crippen LogP contribution in [0.3, 0.4) is 0 Å². The van der Waals surface area contributed by atoms with Gasteiger partial charge in [0.1, 0.15) is 5.75 Å². The van der Waals surface area contributed by atoms with Crippen molar-refractivity contribution in [2.24, 2.45) is 0 Å². The van der Waals surface area contributed by atoms with E-state index in [1.165, 1.54) is 16.7 Å². The van der Waals surface area contributed by atoms with E-state index in [0.717, 1.165) is 25.7 Å². The van der Waals surface area contributed by atoms with E-state index in [2.05, 4.69) is 54.6 Å². The average molecular weight is 483 g/mol. The molecule has 0 spiro atoms. The third kappa shape index (κ3) is 4.62. The SMILES string of the molecule is COc1ccccc1C(=O)N(C)C1CCN(C(=O)[C@@H]2CCC(c3ccccc3)c3ccccc32)CC1. The Balaban J connectivity index is 1.26. The topological polar surface area (TPSA) is 49.9 Å². The molecule has 36 heavy (non-hydrogen) atoms. The lowest BCUT2D eigenvalue weighted by Crippen LogP contribution is -2.48. The van der Waals surface area contributed by atoms with E-state index in [0.29, 0.717) is 30.3 Å². The maximum Gasteiger partial charge on any atom is 0.257 e. The number of carbonyl (C=O) groups is 2. The standard InChI is InChI=1S/C31H34N2O3/c1-32(30(34)28-14-8-9-15-29(28)36-2)23-18-20-33(21-19-23)31(35)27-17-16-24(22-10-4-3-5-11-22)25-12-6-7-13-26(25)27/h3-15,23-24,27H,16-21H2,1-2H3/t24?,27-/m1/s1. The van der Waals surface area contributed by atoms with Crippen LogP contribution in [0.1, 0.15) is 64.6 Å². The van der Waals surface area contributed by atoms with Crippen molar-refractivity contribution in [1.82, 2.24) is 9.80 Å². The molecule has 1 heterocycles. The summed E-state index contributed by atoms with van der Waals surface area (Å²) in [4.78, 5) is 30.7. The van der Waals surface area contributed by atoms with E-state index < -0.39 is 0 Å². The quantitative estimate of drug-likeness (QED) is 0.485. The molecule has 1 saturated heterocycles. The summed E-state index contributed by atoms with van der Waals surface area (Å²) in [6.45, 7) is 1.35. The van der Waals surface area contributed by atoms with Gasteiger partial charge >= 0.3 is 0 Å². The summed E-state index contributed by atoms with van der Waals surface area (Å²) in [5.41, 5.74) is 4.35. The molecule has 186 valence electrons. The highest BCUT2D eigenvalue weighted by Crippen LogP contribution is 2.43. The van der Waals surface area contributed by atoms with Crippen molar-refractivity contribution in [2.45, 2.75) is 43.6 Å². The van der Waals surface area contributed by atoms with Crippen molar-refractivity contribution in [2.75, 3.05) is 27.2 Å². The maximum atomic E-state index is 13.7. The largest absolute Gasteiger partial charge is 0.496 e. The van der Waals surface area contributed by atoms with Crippen LogP contribution in [0.4, 0.5) is 0 Å². The number of ether oxygens (including phenoxy) is 1. The van der Waals surface area contributed by atoms with E-state index in [4.69, 9.17) is 4.74 Å². The first-order valence-corrected chi connectivity index (χ1v) is 12.9. The third-order valence-electron chi connectivity index (χ3n) is 7.97. The Morgan fingerprint density at radius 2 is 1.44 bits per heavy atom. The predicted octanol–water partition coefficient (Wildman–Crippen LogP) is 5.47. The van der Waals surface area contributed by atoms with Crippen LogP contribution in [0.5, 0.6) is 5.75 Å². The molecule has 1 aliphatic heterocycles. The van der Waals surface area contributed by atoms with Gasteiger partial charge in [-0.3, -0.25) is 9.59 Å². The third-order valence-corrected chi connectivity index (χ3v) is 7.97. The van der Waals surface area contributed by atoms with E-state index >= 15 is 0 Å². The number of rotatable bonds is 5. The van der Waals surface area contributed by atoms with Crippen LogP contribution in [0.25, 0.3) is 0 Å². The van der Waals surface area contributed by atoms with Gasteiger partial charge in [0.25, 0.3) is 5.91 Å². The Morgan fingerprint density at radius 3 is 2.17 bits per heavy atom. The number of carbonyl (C=O) groups excluding carboxylic acids is 2. The van der Waals surface area contributed by atoms with Crippen molar-refractivity contribution in [3.8, 4) is 5.75 Å². The first kappa shape index (κ1) is 24.1. The van der Waals surface area contributed by atoms with Crippen LogP contribution < -0.4 is 4.74 Å². The smallest absolute Gasteiger partial charge is 0.257 e. The summed E-state index contributed by atoms with van der Waals surface area (Å²) in [6.07, 6.45) is 3.40. The fourth-order valence-corrected chi connectivity index (χ4v) is 5.95. The number of piperidine rings is 1. The van der Waals surface area contributed by atoms with Gasteiger partial charge in [-0.2, -0.15) is 0 Å². The molecule has 1 fully saturated rings. The minimum atomic E-state index is -0.0920. The molecule has 5 heteroatoms. The summed E-state index contributed by atoms with van der Waals surface area (Å²) in [5.74, 6) is 1.03. The Labute approximate surface area is 213 Å². The monoisotopic (exact) mass is 482 g/mol. The van der Waals surface area contributed by atoms with Crippen molar-refractivity contribution < 1.29 is 14.3 Å². The number of nitrogens with zero attached hydrogens (tertiary/aromatic N) is 2. The number of para-hydroxylation sites is 1. The van der Waals surface area contributed by atoms with Crippen LogP contribution in [0.15, 0.2) is 78.9 Å². The van der Waals surface area contributed by atoms with Crippen molar-refractivity contribution in [3.05, 3.63) is 101 Å². The van der Waals surface area contributed by atoms with Gasteiger partial charge in [0.15, 0.2) is 0 Å². The lowest BCUT2D eigenvalue weighted by molar-refractivity contribution is -0.134. The van der Waals surface area contributed by atoms with Gasteiger partial charge in [0.2, 0.25) is 5.91 Å². The maximum absolute atomic E-state index is 13.7. The highest BCUT2D eigenvalue weighted by Gasteiger charge is 2.36. The minimum Gasteiger partial charge on any atom is -0.496 e. The van der Waals surface area contributed by atoms with Gasteiger partial charge in [-0.25, -0.2) is 0 Å². The molecule has 0 radical (unpaired) electrons. The van der Waals surface area contributed by atoms with Gasteiger partial charge in [0.05, 0.1) is 18.6 Å². The molecule has 2 aliphatic rings. The number of hydrogen-bond acceptors (Lipinski definition) is 3. The lowest BCUT2D eigenvalue weighted by atomic mass is 9.73. The molecule has 2 atom stereocenters. The van der Waals surface area contributed by atoms with Crippen LogP contribution in [-0.4, -0.2) is 54.9 Å². The predicted molar refractivity (Wildman–Crippen MR) is 141 cm³/mol. The van der Waals surface area contributed by atoms with E-state index in [1.807, 2.05) is 35.0 Å². The molecule has 1 unspecified atom stereocenters. The number of fused-ring (bicyclic) bond motifs is 1. The van der Waals surface area contributed by atoms with Crippen LogP contribution in [0.2, 0.25) is 0 Å². The highest BCUT2D eigenvalue weighted by atomic mass is 16.5. The van der Waals surface area contributed by atoms with Gasteiger partial charge in [0, 0.05) is 32.1 Å². The summed E-state index contributed by atoms with van der Waals surface area (Å²) in [5, 5.41) is 0. The fourth-order valence-electron chi connectivity index (χ4n) is 5.95. The van der Waals surface area contributed by atoms with E-state index in [9.17, 15) is 9.59 Å². The number of methoxy groups -OCH3 is 1. The van der Waals surface area contributed by atoms with E-state index in [1.54, 1.807) is 13.2 Å². The zero-order valence-electron chi connectivity index (χ0n) is 21.1. The lowest BCUT2D eigenvalue weighted by Gasteiger charge is -2.39. The zero-order valence-corrected chi connectivity index (χ0v) is 21.1. The molecular weight excluding hydrogens is 448 g/mol. The average Bonchev–Trinajstić information content (AvgIpc) is 2.96. The summed E-state index contributed by atoms with van der Waals surface area (Å²) in [6, 6.07) is 26.5. The number of hydrogen-bond donors (Lipinski definition) is 0. The van der Waals surface area contributed by atoms with Crippen LogP contribution >= 0.6 is 0 Å². The molecule has 0 bridgehead atoms. The molecule has 0 saturated carbocycles. The molecular formula is C31H34N2O3. The zero-order chi connectivity index (χ0) is 25.1. The number of likely N-dealkylation sites (tertiary alicyclic amines) is 1. The Kier molecular flexibility index (Phi) is 7.08. The second-order valence-corrected chi connectivity index (χ2v) is 9.89. The molecule has 1 aliphatic carbocycles. The first-order chi connectivity index (χ1) is 17.6. The number of benzene rings is 3. The first-order valence-electron chi connectivity index (χ1n) is 12.9. The Morgan fingerprint density at radius 1 is 0.806 bits per heavy atom. The van der Waals surface area contributed by atoms with Crippen LogP contribution in [-0.2, 0) is 4.79 Å². The van der Waals surface area contributed by atoms with Crippen LogP contribution in [0, 0.1) is 0 Å². The van der Waals surface area contributed by atoms with Gasteiger partial charge < -0.3 is 14.5 Å². The Bertz CT molecular complexity index is 1220. The summed E-state index contributed by atoms with van der Waals surface area (Å²) in [7, 11) is 3.44. The second-order valence-electron chi connectivity index (χ2n) is 9.89. The van der Waals surface area contributed by atoms with Crippen molar-refractivity contribution in [3.63, 3.8) is 0 Å². The minimum absolute atomic E-state index is 0.0367. The molecule has 3 aromatic carbocycles. The fraction of sp³-hybridized carbons (Fsp3) is 0.355. The van der Waals surface area contributed by atoms with Gasteiger partial charge in [-0.15, -0.1) is 0 Å². The molecule has 5 rings (SSSR count). The normalized spacial score (nSPS) is 19.9. The molecule has 0 aromatic heterocycles. The van der Waals surface area contributed by atoms with Crippen molar-refractivity contribution >= 4 is 11.8 Å². The summed E-state index contributed by atoms with van der Waals surface area (Å²) >= 11 is 0. The molecule has 3 aromatic rings. The molecule has 2 amide bonds. The number of amides is 2.